The zero-order valence-corrected chi connectivity index (χ0v) is 12.4. The number of carboxylic acids is 1. The number of aliphatic carboxylic acids is 1. The van der Waals surface area contributed by atoms with Crippen molar-refractivity contribution in [1.82, 2.24) is 9.80 Å². The number of nitrogens with zero attached hydrogens (tertiary/aromatic N) is 2. The number of carboxylic acid groups (broad SMARTS) is 1. The molecule has 2 fully saturated rings. The Morgan fingerprint density at radius 3 is 2.65 bits per heavy atom. The molecule has 7 heteroatoms. The van der Waals surface area contributed by atoms with Gasteiger partial charge in [-0.1, -0.05) is 18.7 Å². The molecule has 0 aromatic heterocycles. The predicted octanol–water partition coefficient (Wildman–Crippen LogP) is 1.26. The number of rotatable bonds is 5. The van der Waals surface area contributed by atoms with Gasteiger partial charge in [0.15, 0.2) is 0 Å². The fourth-order valence-electron chi connectivity index (χ4n) is 2.72. The normalized spacial score (nSPS) is 26.4. The average Bonchev–Trinajstić information content (AvgIpc) is 3.03. The van der Waals surface area contributed by atoms with E-state index in [-0.39, 0.29) is 17.6 Å². The average molecular weight is 300 g/mol. The number of hydrogen-bond donors (Lipinski definition) is 1. The molecule has 0 bridgehead atoms. The Morgan fingerprint density at radius 2 is 2.15 bits per heavy atom. The first-order valence-electron chi connectivity index (χ1n) is 6.91. The molecule has 0 saturated carbocycles. The Morgan fingerprint density at radius 1 is 1.40 bits per heavy atom. The van der Waals surface area contributed by atoms with Crippen molar-refractivity contribution >= 4 is 28.9 Å². The molecule has 2 rings (SSSR count). The molecule has 0 spiro atoms. The van der Waals surface area contributed by atoms with Crippen LogP contribution >= 0.6 is 11.8 Å². The second kappa shape index (κ2) is 6.03. The topological polar surface area (TPSA) is 77.9 Å². The van der Waals surface area contributed by atoms with Gasteiger partial charge in [0.1, 0.15) is 0 Å². The van der Waals surface area contributed by atoms with Gasteiger partial charge in [-0.3, -0.25) is 14.4 Å². The van der Waals surface area contributed by atoms with Crippen LogP contribution in [0, 0.1) is 5.41 Å². The molecule has 6 nitrogen and oxygen atoms in total. The molecule has 1 N–H and O–H groups in total. The van der Waals surface area contributed by atoms with Crippen molar-refractivity contribution in [3.63, 3.8) is 0 Å². The van der Waals surface area contributed by atoms with Gasteiger partial charge in [0.25, 0.3) is 5.24 Å². The molecule has 2 aliphatic heterocycles. The first kappa shape index (κ1) is 15.2. The number of hydrogen-bond acceptors (Lipinski definition) is 4. The Labute approximate surface area is 122 Å². The smallest absolute Gasteiger partial charge is 0.311 e. The molecule has 112 valence electrons. The van der Waals surface area contributed by atoms with Crippen LogP contribution in [0.3, 0.4) is 0 Å². The van der Waals surface area contributed by atoms with E-state index >= 15 is 0 Å². The van der Waals surface area contributed by atoms with Crippen LogP contribution in [-0.4, -0.2) is 64.0 Å². The number of carbonyl (C=O) groups is 3. The number of carbonyl (C=O) groups excluding carboxylic acids is 2. The van der Waals surface area contributed by atoms with Crippen LogP contribution in [0.5, 0.6) is 0 Å². The zero-order valence-electron chi connectivity index (χ0n) is 11.6. The second-order valence-corrected chi connectivity index (χ2v) is 6.40. The van der Waals surface area contributed by atoms with E-state index in [1.54, 1.807) is 9.80 Å². The van der Waals surface area contributed by atoms with E-state index in [2.05, 4.69) is 0 Å². The maximum Gasteiger partial charge on any atom is 0.311 e. The number of likely N-dealkylation sites (tertiary alicyclic amines) is 1. The fourth-order valence-corrected chi connectivity index (χ4v) is 3.57. The third kappa shape index (κ3) is 2.92. The number of thioether (sulfide) groups is 1. The van der Waals surface area contributed by atoms with E-state index in [9.17, 15) is 19.5 Å². The van der Waals surface area contributed by atoms with Crippen molar-refractivity contribution in [3.8, 4) is 0 Å². The maximum absolute atomic E-state index is 12.1. The number of amides is 2. The molecular weight excluding hydrogens is 280 g/mol. The predicted molar refractivity (Wildman–Crippen MR) is 75.6 cm³/mol. The van der Waals surface area contributed by atoms with E-state index in [1.807, 2.05) is 6.92 Å². The summed E-state index contributed by atoms with van der Waals surface area (Å²) in [6, 6.07) is 0. The third-order valence-corrected chi connectivity index (χ3v) is 5.17. The fraction of sp³-hybridized carbons (Fsp3) is 0.769. The van der Waals surface area contributed by atoms with E-state index in [4.69, 9.17) is 0 Å². The van der Waals surface area contributed by atoms with Crippen LogP contribution in [0.4, 0.5) is 4.79 Å². The summed E-state index contributed by atoms with van der Waals surface area (Å²) in [5.41, 5.74) is -0.783. The summed E-state index contributed by atoms with van der Waals surface area (Å²) in [5, 5.41) is 9.34. The first-order valence-corrected chi connectivity index (χ1v) is 7.90. The summed E-state index contributed by atoms with van der Waals surface area (Å²) in [6.07, 6.45) is 1.34. The highest BCUT2D eigenvalue weighted by molar-refractivity contribution is 8.13. The minimum Gasteiger partial charge on any atom is -0.481 e. The summed E-state index contributed by atoms with van der Waals surface area (Å²) in [5.74, 6) is -0.0815. The minimum atomic E-state index is -0.818. The Bertz CT molecular complexity index is 429. The van der Waals surface area contributed by atoms with Crippen molar-refractivity contribution in [2.75, 3.05) is 31.9 Å². The quantitative estimate of drug-likeness (QED) is 0.827. The molecule has 0 radical (unpaired) electrons. The molecule has 1 atom stereocenters. The molecule has 2 heterocycles. The monoisotopic (exact) mass is 300 g/mol. The summed E-state index contributed by atoms with van der Waals surface area (Å²) < 4.78 is 0. The van der Waals surface area contributed by atoms with E-state index in [0.717, 1.165) is 5.75 Å². The lowest BCUT2D eigenvalue weighted by Crippen LogP contribution is -2.37. The minimum absolute atomic E-state index is 0.0349. The molecule has 0 aromatic rings. The van der Waals surface area contributed by atoms with Gasteiger partial charge in [0, 0.05) is 38.4 Å². The highest BCUT2D eigenvalue weighted by Gasteiger charge is 2.44. The van der Waals surface area contributed by atoms with Crippen LogP contribution in [-0.2, 0) is 9.59 Å². The maximum atomic E-state index is 12.1. The summed E-state index contributed by atoms with van der Waals surface area (Å²) >= 11 is 1.28. The Kier molecular flexibility index (Phi) is 4.57. The van der Waals surface area contributed by atoms with Crippen molar-refractivity contribution in [1.29, 1.82) is 0 Å². The highest BCUT2D eigenvalue weighted by Crippen LogP contribution is 2.34. The van der Waals surface area contributed by atoms with E-state index in [0.29, 0.717) is 39.0 Å². The summed E-state index contributed by atoms with van der Waals surface area (Å²) in [6.45, 7) is 3.78. The van der Waals surface area contributed by atoms with Gasteiger partial charge in [-0.25, -0.2) is 0 Å². The van der Waals surface area contributed by atoms with Crippen molar-refractivity contribution in [2.24, 2.45) is 5.41 Å². The Balaban J connectivity index is 1.85. The Hall–Kier alpha value is -1.24. The first-order chi connectivity index (χ1) is 9.48. The van der Waals surface area contributed by atoms with Gasteiger partial charge >= 0.3 is 5.97 Å². The lowest BCUT2D eigenvalue weighted by Gasteiger charge is -2.23. The molecule has 0 aromatic carbocycles. The molecule has 1 unspecified atom stereocenters. The largest absolute Gasteiger partial charge is 0.481 e. The molecule has 2 aliphatic rings. The standard InChI is InChI=1S/C13H20N2O4S/c1-2-13(11(17)18)4-6-15(9-13)10(16)3-5-14-7-8-20-12(14)19/h2-9H2,1H3,(H,17,18). The molecular formula is C13H20N2O4S. The highest BCUT2D eigenvalue weighted by atomic mass is 32.2. The van der Waals surface area contributed by atoms with Gasteiger partial charge in [-0.05, 0) is 12.8 Å². The molecule has 2 amide bonds. The van der Waals surface area contributed by atoms with Gasteiger partial charge in [0.2, 0.25) is 5.91 Å². The van der Waals surface area contributed by atoms with Crippen molar-refractivity contribution < 1.29 is 19.5 Å². The lowest BCUT2D eigenvalue weighted by molar-refractivity contribution is -0.148. The van der Waals surface area contributed by atoms with Gasteiger partial charge in [-0.15, -0.1) is 0 Å². The van der Waals surface area contributed by atoms with Crippen molar-refractivity contribution in [2.45, 2.75) is 26.2 Å². The van der Waals surface area contributed by atoms with E-state index in [1.165, 1.54) is 11.8 Å². The van der Waals surface area contributed by atoms with E-state index < -0.39 is 11.4 Å². The third-order valence-electron chi connectivity index (χ3n) is 4.28. The van der Waals surface area contributed by atoms with Crippen LogP contribution in [0.15, 0.2) is 0 Å². The zero-order chi connectivity index (χ0) is 14.8. The SMILES string of the molecule is CCC1(C(=O)O)CCN(C(=O)CCN2CCSC2=O)C1. The van der Waals surface area contributed by atoms with Crippen LogP contribution in [0.2, 0.25) is 0 Å². The van der Waals surface area contributed by atoms with Gasteiger partial charge in [-0.2, -0.15) is 0 Å². The van der Waals surface area contributed by atoms with Gasteiger partial charge < -0.3 is 14.9 Å². The summed E-state index contributed by atoms with van der Waals surface area (Å²) in [4.78, 5) is 38.2. The van der Waals surface area contributed by atoms with Gasteiger partial charge in [0.05, 0.1) is 5.41 Å². The molecule has 0 aliphatic carbocycles. The van der Waals surface area contributed by atoms with Crippen LogP contribution < -0.4 is 0 Å². The second-order valence-electron chi connectivity index (χ2n) is 5.36. The van der Waals surface area contributed by atoms with Crippen LogP contribution in [0.1, 0.15) is 26.2 Å². The van der Waals surface area contributed by atoms with Crippen LogP contribution in [0.25, 0.3) is 0 Å². The molecule has 2 saturated heterocycles. The summed E-state index contributed by atoms with van der Waals surface area (Å²) in [7, 11) is 0. The van der Waals surface area contributed by atoms with Crippen molar-refractivity contribution in [3.05, 3.63) is 0 Å². The molecule has 20 heavy (non-hydrogen) atoms. The lowest BCUT2D eigenvalue weighted by atomic mass is 9.84.